The number of piperazine rings is 1. The predicted octanol–water partition coefficient (Wildman–Crippen LogP) is -0.0945. The van der Waals surface area contributed by atoms with Crippen molar-refractivity contribution in [3.05, 3.63) is 35.6 Å². The van der Waals surface area contributed by atoms with Gasteiger partial charge in [-0.1, -0.05) is 12.1 Å². The fourth-order valence-electron chi connectivity index (χ4n) is 2.95. The molecule has 2 aliphatic heterocycles. The molecule has 2 heterocycles. The van der Waals surface area contributed by atoms with E-state index in [1.165, 1.54) is 12.1 Å². The van der Waals surface area contributed by atoms with Gasteiger partial charge in [-0.15, -0.1) is 0 Å². The second-order valence-corrected chi connectivity index (χ2v) is 5.92. The minimum atomic E-state index is -0.302. The Morgan fingerprint density at radius 3 is 2.35 bits per heavy atom. The van der Waals surface area contributed by atoms with Crippen LogP contribution in [0.5, 0.6) is 0 Å². The Bertz CT molecular complexity index is 564. The molecule has 124 valence electrons. The summed E-state index contributed by atoms with van der Waals surface area (Å²) in [6.45, 7) is 3.02. The molecule has 0 saturated carbocycles. The Morgan fingerprint density at radius 2 is 1.74 bits per heavy atom. The number of amides is 2. The SMILES string of the molecule is O=C(Cc1ccc(F)cc1)N1CCN(C(=O)C2CCNN2)CC1. The molecule has 2 N–H and O–H groups in total. The Morgan fingerprint density at radius 1 is 1.09 bits per heavy atom. The number of hydrazine groups is 1. The van der Waals surface area contributed by atoms with Gasteiger partial charge < -0.3 is 9.80 Å². The van der Waals surface area contributed by atoms with Gasteiger partial charge in [-0.2, -0.15) is 0 Å². The Labute approximate surface area is 134 Å². The molecule has 6 nitrogen and oxygen atoms in total. The van der Waals surface area contributed by atoms with Crippen LogP contribution in [0.1, 0.15) is 12.0 Å². The minimum absolute atomic E-state index is 0.0179. The van der Waals surface area contributed by atoms with Gasteiger partial charge in [0.2, 0.25) is 11.8 Å². The van der Waals surface area contributed by atoms with Crippen molar-refractivity contribution in [3.8, 4) is 0 Å². The highest BCUT2D eigenvalue weighted by Gasteiger charge is 2.30. The van der Waals surface area contributed by atoms with E-state index in [1.54, 1.807) is 17.0 Å². The molecule has 1 unspecified atom stereocenters. The highest BCUT2D eigenvalue weighted by Crippen LogP contribution is 2.10. The number of nitrogens with zero attached hydrogens (tertiary/aromatic N) is 2. The van der Waals surface area contributed by atoms with Crippen molar-refractivity contribution in [2.24, 2.45) is 0 Å². The molecular weight excluding hydrogens is 299 g/mol. The summed E-state index contributed by atoms with van der Waals surface area (Å²) < 4.78 is 12.9. The lowest BCUT2D eigenvalue weighted by Crippen LogP contribution is -2.54. The molecule has 2 fully saturated rings. The van der Waals surface area contributed by atoms with Crippen molar-refractivity contribution in [1.82, 2.24) is 20.7 Å². The molecule has 1 aromatic carbocycles. The number of hydrogen-bond acceptors (Lipinski definition) is 4. The standard InChI is InChI=1S/C16H21FN4O2/c17-13-3-1-12(2-4-13)11-15(22)20-7-9-21(10-8-20)16(23)14-5-6-18-19-14/h1-4,14,18-19H,5-11H2. The molecule has 7 heteroatoms. The summed E-state index contributed by atoms with van der Waals surface area (Å²) in [6, 6.07) is 5.83. The molecule has 23 heavy (non-hydrogen) atoms. The monoisotopic (exact) mass is 320 g/mol. The highest BCUT2D eigenvalue weighted by molar-refractivity contribution is 5.83. The third kappa shape index (κ3) is 3.86. The number of carbonyl (C=O) groups excluding carboxylic acids is 2. The zero-order valence-corrected chi connectivity index (χ0v) is 12.9. The molecule has 0 bridgehead atoms. The normalized spacial score (nSPS) is 21.5. The maximum atomic E-state index is 12.9. The number of halogens is 1. The zero-order valence-electron chi connectivity index (χ0n) is 12.9. The lowest BCUT2D eigenvalue weighted by molar-refractivity contribution is -0.140. The van der Waals surface area contributed by atoms with Crippen molar-refractivity contribution in [2.75, 3.05) is 32.7 Å². The van der Waals surface area contributed by atoms with Crippen LogP contribution < -0.4 is 10.9 Å². The molecule has 0 aliphatic carbocycles. The van der Waals surface area contributed by atoms with Crippen molar-refractivity contribution in [2.45, 2.75) is 18.9 Å². The summed E-state index contributed by atoms with van der Waals surface area (Å²) in [7, 11) is 0. The van der Waals surface area contributed by atoms with E-state index in [9.17, 15) is 14.0 Å². The highest BCUT2D eigenvalue weighted by atomic mass is 19.1. The minimum Gasteiger partial charge on any atom is -0.339 e. The quantitative estimate of drug-likeness (QED) is 0.817. The first-order valence-corrected chi connectivity index (χ1v) is 7.93. The lowest BCUT2D eigenvalue weighted by atomic mass is 10.1. The molecule has 0 spiro atoms. The van der Waals surface area contributed by atoms with E-state index in [0.29, 0.717) is 26.2 Å². The van der Waals surface area contributed by atoms with Gasteiger partial charge in [0.05, 0.1) is 6.42 Å². The molecule has 3 rings (SSSR count). The number of benzene rings is 1. The fourth-order valence-corrected chi connectivity index (χ4v) is 2.95. The molecule has 0 aromatic heterocycles. The molecule has 2 aliphatic rings. The van der Waals surface area contributed by atoms with Gasteiger partial charge >= 0.3 is 0 Å². The number of nitrogens with one attached hydrogen (secondary N) is 2. The largest absolute Gasteiger partial charge is 0.339 e. The third-order valence-corrected chi connectivity index (χ3v) is 4.35. The summed E-state index contributed by atoms with van der Waals surface area (Å²) in [5.74, 6) is -0.187. The maximum absolute atomic E-state index is 12.9. The maximum Gasteiger partial charge on any atom is 0.241 e. The lowest BCUT2D eigenvalue weighted by Gasteiger charge is -2.36. The van der Waals surface area contributed by atoms with Crippen LogP contribution in [0.2, 0.25) is 0 Å². The molecule has 2 amide bonds. The van der Waals surface area contributed by atoms with E-state index in [0.717, 1.165) is 18.5 Å². The van der Waals surface area contributed by atoms with Crippen LogP contribution in [0, 0.1) is 5.82 Å². The summed E-state index contributed by atoms with van der Waals surface area (Å²) in [4.78, 5) is 28.2. The van der Waals surface area contributed by atoms with Crippen LogP contribution in [-0.4, -0.2) is 60.4 Å². The summed E-state index contributed by atoms with van der Waals surface area (Å²) in [5, 5.41) is 0. The van der Waals surface area contributed by atoms with Crippen LogP contribution in [0.15, 0.2) is 24.3 Å². The third-order valence-electron chi connectivity index (χ3n) is 4.35. The number of rotatable bonds is 3. The number of hydrogen-bond donors (Lipinski definition) is 2. The van der Waals surface area contributed by atoms with Gasteiger partial charge in [-0.05, 0) is 24.1 Å². The first-order chi connectivity index (χ1) is 11.1. The van der Waals surface area contributed by atoms with Gasteiger partial charge in [0, 0.05) is 32.7 Å². The van der Waals surface area contributed by atoms with E-state index < -0.39 is 0 Å². The van der Waals surface area contributed by atoms with E-state index in [1.807, 2.05) is 4.90 Å². The average Bonchev–Trinajstić information content (AvgIpc) is 3.11. The second kappa shape index (κ2) is 7.06. The van der Waals surface area contributed by atoms with Crippen molar-refractivity contribution < 1.29 is 14.0 Å². The van der Waals surface area contributed by atoms with E-state index in [2.05, 4.69) is 10.9 Å². The topological polar surface area (TPSA) is 64.7 Å². The molecule has 2 saturated heterocycles. The Balaban J connectivity index is 1.49. The van der Waals surface area contributed by atoms with Crippen LogP contribution in [0.3, 0.4) is 0 Å². The molecule has 1 atom stereocenters. The average molecular weight is 320 g/mol. The van der Waals surface area contributed by atoms with E-state index in [4.69, 9.17) is 0 Å². The fraction of sp³-hybridized carbons (Fsp3) is 0.500. The summed E-state index contributed by atoms with van der Waals surface area (Å²) >= 11 is 0. The van der Waals surface area contributed by atoms with Crippen molar-refractivity contribution in [1.29, 1.82) is 0 Å². The van der Waals surface area contributed by atoms with Crippen molar-refractivity contribution in [3.63, 3.8) is 0 Å². The van der Waals surface area contributed by atoms with Crippen molar-refractivity contribution >= 4 is 11.8 Å². The predicted molar refractivity (Wildman–Crippen MR) is 82.8 cm³/mol. The van der Waals surface area contributed by atoms with Gasteiger partial charge in [-0.3, -0.25) is 15.0 Å². The number of carbonyl (C=O) groups is 2. The zero-order chi connectivity index (χ0) is 16.2. The Hall–Kier alpha value is -1.99. The first kappa shape index (κ1) is 15.9. The van der Waals surface area contributed by atoms with Gasteiger partial charge in [-0.25, -0.2) is 9.82 Å². The smallest absolute Gasteiger partial charge is 0.241 e. The molecule has 1 aromatic rings. The summed E-state index contributed by atoms with van der Waals surface area (Å²) in [6.07, 6.45) is 1.06. The van der Waals surface area contributed by atoms with Crippen LogP contribution in [0.25, 0.3) is 0 Å². The molecular formula is C16H21FN4O2. The summed E-state index contributed by atoms with van der Waals surface area (Å²) in [5.41, 5.74) is 6.74. The van der Waals surface area contributed by atoms with E-state index >= 15 is 0 Å². The van der Waals surface area contributed by atoms with Gasteiger partial charge in [0.1, 0.15) is 11.9 Å². The van der Waals surface area contributed by atoms with E-state index in [-0.39, 0.29) is 30.1 Å². The Kier molecular flexibility index (Phi) is 4.88. The molecule has 0 radical (unpaired) electrons. The van der Waals surface area contributed by atoms with Gasteiger partial charge in [0.25, 0.3) is 0 Å². The van der Waals surface area contributed by atoms with Crippen LogP contribution in [-0.2, 0) is 16.0 Å². The van der Waals surface area contributed by atoms with Crippen LogP contribution in [0.4, 0.5) is 4.39 Å². The van der Waals surface area contributed by atoms with Gasteiger partial charge in [0.15, 0.2) is 0 Å². The second-order valence-electron chi connectivity index (χ2n) is 5.92. The van der Waals surface area contributed by atoms with Crippen LogP contribution >= 0.6 is 0 Å². The first-order valence-electron chi connectivity index (χ1n) is 7.93.